The van der Waals surface area contributed by atoms with Gasteiger partial charge in [0, 0.05) is 6.54 Å². The summed E-state index contributed by atoms with van der Waals surface area (Å²) in [5.41, 5.74) is 0. The maximum atomic E-state index is 9.67. The Bertz CT molecular complexity index is 218. The van der Waals surface area contributed by atoms with Gasteiger partial charge in [-0.3, -0.25) is 0 Å². The summed E-state index contributed by atoms with van der Waals surface area (Å²) in [6.45, 7) is 2.81. The molecule has 0 bridgehead atoms. The minimum Gasteiger partial charge on any atom is -0.389 e. The van der Waals surface area contributed by atoms with Crippen molar-refractivity contribution in [3.63, 3.8) is 0 Å². The molecule has 2 unspecified atom stereocenters. The van der Waals surface area contributed by atoms with Crippen LogP contribution in [0.25, 0.3) is 0 Å². The van der Waals surface area contributed by atoms with Gasteiger partial charge in [-0.1, -0.05) is 25.2 Å². The summed E-state index contributed by atoms with van der Waals surface area (Å²) >= 11 is 0. The Morgan fingerprint density at radius 2 is 2.12 bits per heavy atom. The van der Waals surface area contributed by atoms with Crippen LogP contribution in [-0.2, 0) is 4.74 Å². The van der Waals surface area contributed by atoms with E-state index < -0.39 is 6.10 Å². The fourth-order valence-corrected chi connectivity index (χ4v) is 1.91. The standard InChI is InChI=1S/C13H23NO2/c1-3-11(2)14-9-12(15)10-16-13-7-5-4-6-8-13/h1,11-15H,4-10H2,2H3. The first-order valence-corrected chi connectivity index (χ1v) is 6.21. The van der Waals surface area contributed by atoms with Crippen LogP contribution >= 0.6 is 0 Å². The van der Waals surface area contributed by atoms with E-state index in [-0.39, 0.29) is 6.04 Å². The van der Waals surface area contributed by atoms with Crippen LogP contribution in [0.15, 0.2) is 0 Å². The van der Waals surface area contributed by atoms with Crippen LogP contribution in [0.5, 0.6) is 0 Å². The lowest BCUT2D eigenvalue weighted by Crippen LogP contribution is -2.36. The van der Waals surface area contributed by atoms with Gasteiger partial charge in [-0.25, -0.2) is 0 Å². The number of aliphatic hydroxyl groups is 1. The van der Waals surface area contributed by atoms with Gasteiger partial charge < -0.3 is 15.2 Å². The van der Waals surface area contributed by atoms with Crippen molar-refractivity contribution < 1.29 is 9.84 Å². The van der Waals surface area contributed by atoms with Crippen molar-refractivity contribution >= 4 is 0 Å². The molecule has 0 aromatic carbocycles. The molecule has 2 atom stereocenters. The fourth-order valence-electron chi connectivity index (χ4n) is 1.91. The first-order chi connectivity index (χ1) is 7.72. The molecule has 16 heavy (non-hydrogen) atoms. The molecule has 1 aliphatic rings. The third kappa shape index (κ3) is 5.50. The lowest BCUT2D eigenvalue weighted by Gasteiger charge is -2.23. The van der Waals surface area contributed by atoms with Gasteiger partial charge in [0.1, 0.15) is 0 Å². The quantitative estimate of drug-likeness (QED) is 0.670. The lowest BCUT2D eigenvalue weighted by atomic mass is 9.98. The molecule has 1 rings (SSSR count). The Morgan fingerprint density at radius 1 is 1.44 bits per heavy atom. The molecular weight excluding hydrogens is 202 g/mol. The third-order valence-electron chi connectivity index (χ3n) is 2.99. The summed E-state index contributed by atoms with van der Waals surface area (Å²) < 4.78 is 5.67. The van der Waals surface area contributed by atoms with Crippen LogP contribution in [0.1, 0.15) is 39.0 Å². The van der Waals surface area contributed by atoms with E-state index in [2.05, 4.69) is 11.2 Å². The molecule has 92 valence electrons. The summed E-state index contributed by atoms with van der Waals surface area (Å²) in [4.78, 5) is 0. The van der Waals surface area contributed by atoms with Crippen LogP contribution < -0.4 is 5.32 Å². The van der Waals surface area contributed by atoms with Crippen molar-refractivity contribution in [3.8, 4) is 12.3 Å². The van der Waals surface area contributed by atoms with E-state index >= 15 is 0 Å². The third-order valence-corrected chi connectivity index (χ3v) is 2.99. The molecule has 0 radical (unpaired) electrons. The van der Waals surface area contributed by atoms with E-state index in [1.54, 1.807) is 0 Å². The molecule has 0 spiro atoms. The summed E-state index contributed by atoms with van der Waals surface area (Å²) in [5.74, 6) is 2.56. The van der Waals surface area contributed by atoms with Crippen molar-refractivity contribution in [2.45, 2.75) is 57.3 Å². The monoisotopic (exact) mass is 225 g/mol. The normalized spacial score (nSPS) is 21.3. The average Bonchev–Trinajstić information content (AvgIpc) is 2.34. The maximum Gasteiger partial charge on any atom is 0.0898 e. The summed E-state index contributed by atoms with van der Waals surface area (Å²) in [6, 6.07) is 0.00401. The van der Waals surface area contributed by atoms with Gasteiger partial charge in [0.2, 0.25) is 0 Å². The second-order valence-corrected chi connectivity index (χ2v) is 4.54. The molecule has 0 aromatic rings. The second-order valence-electron chi connectivity index (χ2n) is 4.54. The largest absolute Gasteiger partial charge is 0.389 e. The smallest absolute Gasteiger partial charge is 0.0898 e. The van der Waals surface area contributed by atoms with Crippen molar-refractivity contribution in [2.24, 2.45) is 0 Å². The van der Waals surface area contributed by atoms with Crippen LogP contribution in [0.2, 0.25) is 0 Å². The predicted molar refractivity (Wildman–Crippen MR) is 65.1 cm³/mol. The first kappa shape index (κ1) is 13.5. The maximum absolute atomic E-state index is 9.67. The van der Waals surface area contributed by atoms with E-state index in [9.17, 15) is 5.11 Å². The molecule has 0 aromatic heterocycles. The number of ether oxygens (including phenoxy) is 1. The average molecular weight is 225 g/mol. The van der Waals surface area contributed by atoms with E-state index in [1.807, 2.05) is 6.92 Å². The molecular formula is C13H23NO2. The lowest BCUT2D eigenvalue weighted by molar-refractivity contribution is -0.0231. The predicted octanol–water partition coefficient (Wildman–Crippen LogP) is 1.31. The van der Waals surface area contributed by atoms with Gasteiger partial charge in [0.25, 0.3) is 0 Å². The van der Waals surface area contributed by atoms with Crippen molar-refractivity contribution in [1.82, 2.24) is 5.32 Å². The van der Waals surface area contributed by atoms with E-state index in [0.717, 1.165) is 12.8 Å². The molecule has 0 aliphatic heterocycles. The summed E-state index contributed by atoms with van der Waals surface area (Å²) in [5, 5.41) is 12.7. The number of aliphatic hydroxyl groups excluding tert-OH is 1. The highest BCUT2D eigenvalue weighted by Gasteiger charge is 2.15. The van der Waals surface area contributed by atoms with Gasteiger partial charge >= 0.3 is 0 Å². The highest BCUT2D eigenvalue weighted by molar-refractivity contribution is 4.95. The highest BCUT2D eigenvalue weighted by atomic mass is 16.5. The van der Waals surface area contributed by atoms with Crippen LogP contribution in [0, 0.1) is 12.3 Å². The number of nitrogens with one attached hydrogen (secondary N) is 1. The topological polar surface area (TPSA) is 41.5 Å². The molecule has 1 fully saturated rings. The second kappa shape index (κ2) is 7.67. The SMILES string of the molecule is C#CC(C)NCC(O)COC1CCCCC1. The molecule has 0 heterocycles. The number of rotatable bonds is 6. The van der Waals surface area contributed by atoms with Crippen LogP contribution in [0.3, 0.4) is 0 Å². The van der Waals surface area contributed by atoms with Gasteiger partial charge in [-0.05, 0) is 19.8 Å². The Morgan fingerprint density at radius 3 is 2.75 bits per heavy atom. The molecule has 0 saturated heterocycles. The molecule has 3 nitrogen and oxygen atoms in total. The first-order valence-electron chi connectivity index (χ1n) is 6.21. The Labute approximate surface area is 98.6 Å². The van der Waals surface area contributed by atoms with Crippen molar-refractivity contribution in [3.05, 3.63) is 0 Å². The van der Waals surface area contributed by atoms with Gasteiger partial charge in [0.15, 0.2) is 0 Å². The molecule has 1 saturated carbocycles. The van der Waals surface area contributed by atoms with Gasteiger partial charge in [0.05, 0.1) is 24.9 Å². The molecule has 2 N–H and O–H groups in total. The molecule has 3 heteroatoms. The number of hydrogen-bond donors (Lipinski definition) is 2. The number of hydrogen-bond acceptors (Lipinski definition) is 3. The minimum absolute atomic E-state index is 0.00401. The Kier molecular flexibility index (Phi) is 6.47. The molecule has 1 aliphatic carbocycles. The van der Waals surface area contributed by atoms with Crippen molar-refractivity contribution in [1.29, 1.82) is 0 Å². The fraction of sp³-hybridized carbons (Fsp3) is 0.846. The zero-order chi connectivity index (χ0) is 11.8. The number of terminal acetylenes is 1. The zero-order valence-corrected chi connectivity index (χ0v) is 10.1. The van der Waals surface area contributed by atoms with Crippen LogP contribution in [0.4, 0.5) is 0 Å². The summed E-state index contributed by atoms with van der Waals surface area (Å²) in [7, 11) is 0. The summed E-state index contributed by atoms with van der Waals surface area (Å²) in [6.07, 6.45) is 11.2. The Balaban J connectivity index is 2.05. The molecule has 0 amide bonds. The minimum atomic E-state index is -0.460. The van der Waals surface area contributed by atoms with E-state index in [1.165, 1.54) is 19.3 Å². The highest BCUT2D eigenvalue weighted by Crippen LogP contribution is 2.20. The van der Waals surface area contributed by atoms with E-state index in [4.69, 9.17) is 11.2 Å². The van der Waals surface area contributed by atoms with Crippen LogP contribution in [-0.4, -0.2) is 36.5 Å². The van der Waals surface area contributed by atoms with Crippen molar-refractivity contribution in [2.75, 3.05) is 13.2 Å². The Hall–Kier alpha value is -0.560. The van der Waals surface area contributed by atoms with Gasteiger partial charge in [-0.15, -0.1) is 6.42 Å². The van der Waals surface area contributed by atoms with Gasteiger partial charge in [-0.2, -0.15) is 0 Å². The van der Waals surface area contributed by atoms with E-state index in [0.29, 0.717) is 19.3 Å². The zero-order valence-electron chi connectivity index (χ0n) is 10.1.